The minimum absolute atomic E-state index is 0.000792. The summed E-state index contributed by atoms with van der Waals surface area (Å²) in [7, 11) is 1.52. The molecule has 1 amide bonds. The van der Waals surface area contributed by atoms with Gasteiger partial charge in [-0.05, 0) is 54.8 Å². The van der Waals surface area contributed by atoms with Gasteiger partial charge in [-0.15, -0.1) is 0 Å². The predicted molar refractivity (Wildman–Crippen MR) is 129 cm³/mol. The number of carbonyl (C=O) groups is 2. The van der Waals surface area contributed by atoms with Crippen LogP contribution in [0.15, 0.2) is 46.9 Å². The molecule has 1 heterocycles. The number of methoxy groups -OCH3 is 1. The van der Waals surface area contributed by atoms with Crippen molar-refractivity contribution in [3.05, 3.63) is 63.6 Å². The zero-order valence-corrected chi connectivity index (χ0v) is 20.1. The van der Waals surface area contributed by atoms with Crippen LogP contribution in [-0.2, 0) is 22.6 Å². The smallest absolute Gasteiger partial charge is 0.335 e. The Labute approximate surface area is 198 Å². The van der Waals surface area contributed by atoms with Crippen LogP contribution < -0.4 is 4.90 Å². The molecule has 0 atom stereocenters. The van der Waals surface area contributed by atoms with Crippen molar-refractivity contribution >= 4 is 33.5 Å². The summed E-state index contributed by atoms with van der Waals surface area (Å²) in [6, 6.07) is 13.2. The molecule has 0 unspecified atom stereocenters. The summed E-state index contributed by atoms with van der Waals surface area (Å²) >= 11 is 3.65. The maximum atomic E-state index is 12.9. The van der Waals surface area contributed by atoms with E-state index in [-0.39, 0.29) is 18.1 Å². The lowest BCUT2D eigenvalue weighted by molar-refractivity contribution is -0.122. The largest absolute Gasteiger partial charge is 0.478 e. The zero-order valence-electron chi connectivity index (χ0n) is 18.6. The van der Waals surface area contributed by atoms with Gasteiger partial charge in [0.15, 0.2) is 0 Å². The fourth-order valence-corrected chi connectivity index (χ4v) is 4.56. The number of halogens is 1. The van der Waals surface area contributed by atoms with Crippen molar-refractivity contribution in [3.8, 4) is 0 Å². The number of fused-ring (bicyclic) bond motifs is 1. The average molecular weight is 503 g/mol. The fraction of sp³-hybridized carbons (Fsp3) is 0.440. The van der Waals surface area contributed by atoms with Crippen LogP contribution in [0.4, 0.5) is 5.69 Å². The van der Waals surface area contributed by atoms with Crippen LogP contribution in [0.2, 0.25) is 0 Å². The average Bonchev–Trinajstić information content (AvgIpc) is 2.76. The summed E-state index contributed by atoms with van der Waals surface area (Å²) < 4.78 is 6.18. The molecule has 0 aromatic heterocycles. The summed E-state index contributed by atoms with van der Waals surface area (Å²) in [5.41, 5.74) is 3.04. The molecule has 0 spiro atoms. The van der Waals surface area contributed by atoms with Crippen molar-refractivity contribution in [1.82, 2.24) is 4.90 Å². The van der Waals surface area contributed by atoms with Crippen molar-refractivity contribution in [3.63, 3.8) is 0 Å². The van der Waals surface area contributed by atoms with Crippen LogP contribution in [0, 0.1) is 0 Å². The SMILES string of the molecule is COCC(=O)N1CCCCCCCN(Cc2ccccc2Br)Cc2cc(C(=O)O)ccc21. The van der Waals surface area contributed by atoms with E-state index in [2.05, 4.69) is 26.9 Å². The van der Waals surface area contributed by atoms with Gasteiger partial charge in [0.05, 0.1) is 5.56 Å². The molecule has 32 heavy (non-hydrogen) atoms. The number of hydrogen-bond donors (Lipinski definition) is 1. The Balaban J connectivity index is 2.00. The molecular weight excluding hydrogens is 472 g/mol. The summed E-state index contributed by atoms with van der Waals surface area (Å²) in [5.74, 6) is -1.07. The Morgan fingerprint density at radius 1 is 1.03 bits per heavy atom. The van der Waals surface area contributed by atoms with Crippen molar-refractivity contribution in [2.45, 2.75) is 45.2 Å². The molecule has 3 rings (SSSR count). The minimum Gasteiger partial charge on any atom is -0.478 e. The van der Waals surface area contributed by atoms with Gasteiger partial charge in [0, 0.05) is 36.9 Å². The highest BCUT2D eigenvalue weighted by molar-refractivity contribution is 9.10. The van der Waals surface area contributed by atoms with Crippen molar-refractivity contribution in [2.75, 3.05) is 31.7 Å². The molecule has 0 radical (unpaired) electrons. The van der Waals surface area contributed by atoms with Crippen LogP contribution in [-0.4, -0.2) is 48.7 Å². The summed E-state index contributed by atoms with van der Waals surface area (Å²) in [4.78, 5) is 28.7. The van der Waals surface area contributed by atoms with Crippen molar-refractivity contribution in [1.29, 1.82) is 0 Å². The number of carboxylic acids is 1. The maximum absolute atomic E-state index is 12.9. The molecule has 172 valence electrons. The first kappa shape index (κ1) is 24.4. The van der Waals surface area contributed by atoms with Gasteiger partial charge >= 0.3 is 5.97 Å². The topological polar surface area (TPSA) is 70.1 Å². The molecule has 1 N–H and O–H groups in total. The van der Waals surface area contributed by atoms with Gasteiger partial charge in [0.1, 0.15) is 6.61 Å². The molecule has 0 bridgehead atoms. The Kier molecular flexibility index (Phi) is 9.26. The third-order valence-electron chi connectivity index (χ3n) is 5.79. The van der Waals surface area contributed by atoms with Crippen molar-refractivity contribution in [2.24, 2.45) is 0 Å². The summed E-state index contributed by atoms with van der Waals surface area (Å²) in [5, 5.41) is 9.57. The molecule has 6 nitrogen and oxygen atoms in total. The van der Waals surface area contributed by atoms with E-state index in [0.29, 0.717) is 13.1 Å². The van der Waals surface area contributed by atoms with Crippen molar-refractivity contribution < 1.29 is 19.4 Å². The highest BCUT2D eigenvalue weighted by Gasteiger charge is 2.22. The highest BCUT2D eigenvalue weighted by atomic mass is 79.9. The van der Waals surface area contributed by atoms with E-state index in [1.54, 1.807) is 23.1 Å². The quantitative estimate of drug-likeness (QED) is 0.616. The van der Waals surface area contributed by atoms with E-state index < -0.39 is 5.97 Å². The summed E-state index contributed by atoms with van der Waals surface area (Å²) in [6.07, 6.45) is 5.34. The second-order valence-corrected chi connectivity index (χ2v) is 9.05. The number of hydrogen-bond acceptors (Lipinski definition) is 4. The van der Waals surface area contributed by atoms with Gasteiger partial charge in [-0.25, -0.2) is 4.79 Å². The van der Waals surface area contributed by atoms with Crippen LogP contribution in [0.1, 0.15) is 53.6 Å². The number of amides is 1. The Hall–Kier alpha value is -2.22. The highest BCUT2D eigenvalue weighted by Crippen LogP contribution is 2.27. The van der Waals surface area contributed by atoms with Crippen LogP contribution in [0.5, 0.6) is 0 Å². The Morgan fingerprint density at radius 2 is 1.75 bits per heavy atom. The number of ether oxygens (including phenoxy) is 1. The number of rotatable bonds is 5. The molecule has 1 aliphatic heterocycles. The third kappa shape index (κ3) is 6.64. The maximum Gasteiger partial charge on any atom is 0.335 e. The predicted octanol–water partition coefficient (Wildman–Crippen LogP) is 5.09. The van der Waals surface area contributed by atoms with Crippen LogP contribution in [0.25, 0.3) is 0 Å². The Bertz CT molecular complexity index is 934. The lowest BCUT2D eigenvalue weighted by atomic mass is 10.0. The molecule has 0 fully saturated rings. The van der Waals surface area contributed by atoms with E-state index >= 15 is 0 Å². The fourth-order valence-electron chi connectivity index (χ4n) is 4.15. The number of anilines is 1. The number of nitrogens with zero attached hydrogens (tertiary/aromatic N) is 2. The van der Waals surface area contributed by atoms with E-state index in [0.717, 1.165) is 60.9 Å². The van der Waals surface area contributed by atoms with E-state index in [4.69, 9.17) is 4.74 Å². The normalized spacial score (nSPS) is 16.0. The van der Waals surface area contributed by atoms with Gasteiger partial charge in [-0.3, -0.25) is 9.69 Å². The third-order valence-corrected chi connectivity index (χ3v) is 6.56. The second-order valence-electron chi connectivity index (χ2n) is 8.20. The molecule has 2 aromatic rings. The van der Waals surface area contributed by atoms with Crippen LogP contribution >= 0.6 is 15.9 Å². The van der Waals surface area contributed by atoms with E-state index in [1.807, 2.05) is 18.2 Å². The molecule has 7 heteroatoms. The van der Waals surface area contributed by atoms with Crippen LogP contribution in [0.3, 0.4) is 0 Å². The molecular formula is C25H31BrN2O4. The Morgan fingerprint density at radius 3 is 2.47 bits per heavy atom. The minimum atomic E-state index is -0.967. The van der Waals surface area contributed by atoms with Gasteiger partial charge in [0.2, 0.25) is 0 Å². The van der Waals surface area contributed by atoms with Gasteiger partial charge < -0.3 is 14.7 Å². The van der Waals surface area contributed by atoms with Gasteiger partial charge in [-0.1, -0.05) is 53.4 Å². The first-order valence-electron chi connectivity index (χ1n) is 11.1. The van der Waals surface area contributed by atoms with Gasteiger partial charge in [-0.2, -0.15) is 0 Å². The summed E-state index contributed by atoms with van der Waals surface area (Å²) in [6.45, 7) is 2.81. The number of carboxylic acid groups (broad SMARTS) is 1. The molecule has 0 saturated carbocycles. The zero-order chi connectivity index (χ0) is 22.9. The molecule has 0 saturated heterocycles. The second kappa shape index (κ2) is 12.1. The molecule has 0 aliphatic carbocycles. The standard InChI is InChI=1S/C25H31BrN2O4/c1-32-18-24(29)28-14-8-4-2-3-7-13-27(16-20-9-5-6-10-22(20)26)17-21-15-19(25(30)31)11-12-23(21)28/h5-6,9-12,15H,2-4,7-8,13-14,16-18H2,1H3,(H,30,31). The van der Waals surface area contributed by atoms with E-state index in [1.165, 1.54) is 12.7 Å². The monoisotopic (exact) mass is 502 g/mol. The number of carbonyl (C=O) groups excluding carboxylic acids is 1. The lowest BCUT2D eigenvalue weighted by Gasteiger charge is -2.29. The first-order chi connectivity index (χ1) is 15.5. The molecule has 1 aliphatic rings. The lowest BCUT2D eigenvalue weighted by Crippen LogP contribution is -2.36. The molecule has 2 aromatic carbocycles. The number of aromatic carboxylic acids is 1. The number of benzene rings is 2. The van der Waals surface area contributed by atoms with Gasteiger partial charge in [0.25, 0.3) is 5.91 Å². The first-order valence-corrected chi connectivity index (χ1v) is 11.9. The van der Waals surface area contributed by atoms with E-state index in [9.17, 15) is 14.7 Å².